The summed E-state index contributed by atoms with van der Waals surface area (Å²) in [7, 11) is 1.62. The minimum absolute atomic E-state index is 0.00874. The van der Waals surface area contributed by atoms with Crippen molar-refractivity contribution in [1.82, 2.24) is 14.5 Å². The van der Waals surface area contributed by atoms with Crippen LogP contribution < -0.4 is 22.3 Å². The van der Waals surface area contributed by atoms with E-state index < -0.39 is 0 Å². The van der Waals surface area contributed by atoms with Gasteiger partial charge in [0.05, 0.1) is 18.5 Å². The average Bonchev–Trinajstić information content (AvgIpc) is 3.07. The lowest BCUT2D eigenvalue weighted by Gasteiger charge is -2.13. The van der Waals surface area contributed by atoms with Crippen LogP contribution in [-0.2, 0) is 17.8 Å². The molecule has 1 aliphatic carbocycles. The maximum atomic E-state index is 13.2. The summed E-state index contributed by atoms with van der Waals surface area (Å²) >= 11 is 1.51. The summed E-state index contributed by atoms with van der Waals surface area (Å²) < 4.78 is 8.36. The van der Waals surface area contributed by atoms with Crippen LogP contribution in [0.3, 0.4) is 0 Å². The Labute approximate surface area is 156 Å². The molecule has 0 spiro atoms. The molecule has 2 aromatic heterocycles. The Morgan fingerprint density at radius 2 is 2.08 bits per heavy atom. The Morgan fingerprint density at radius 1 is 1.38 bits per heavy atom. The van der Waals surface area contributed by atoms with Gasteiger partial charge in [0.25, 0.3) is 5.56 Å². The molecular formula is C18H28N4O3S. The van der Waals surface area contributed by atoms with Gasteiger partial charge >= 0.3 is 5.69 Å². The summed E-state index contributed by atoms with van der Waals surface area (Å²) in [6.45, 7) is 8.94. The molecule has 1 saturated carbocycles. The fourth-order valence-corrected chi connectivity index (χ4v) is 4.70. The molecule has 7 nitrogen and oxygen atoms in total. The highest BCUT2D eigenvalue weighted by Gasteiger charge is 2.49. The third-order valence-corrected chi connectivity index (χ3v) is 6.56. The number of nitrogens with zero attached hydrogens (tertiary/aromatic N) is 2. The molecule has 8 heteroatoms. The van der Waals surface area contributed by atoms with Gasteiger partial charge in [-0.2, -0.15) is 0 Å². The number of fused-ring (bicyclic) bond motifs is 1. The summed E-state index contributed by atoms with van der Waals surface area (Å²) in [6, 6.07) is -0.0289. The second-order valence-corrected chi connectivity index (χ2v) is 8.69. The molecular weight excluding hydrogens is 352 g/mol. The standard InChI is InChI=1S/C18H28N4O3S/c1-11-12(10-20-6-5-19)26-16-14(11)15(23)22(13-9-18(13,2)3)17(24)21(16)7-8-25-4/h13,20H,5-10,19H2,1-4H3. The first-order chi connectivity index (χ1) is 12.3. The molecule has 0 saturated heterocycles. The molecule has 0 amide bonds. The van der Waals surface area contributed by atoms with Crippen LogP contribution in [-0.4, -0.2) is 35.9 Å². The summed E-state index contributed by atoms with van der Waals surface area (Å²) in [5.41, 5.74) is 6.11. The van der Waals surface area contributed by atoms with Crippen LogP contribution in [0.4, 0.5) is 0 Å². The number of hydrogen-bond donors (Lipinski definition) is 2. The molecule has 144 valence electrons. The van der Waals surface area contributed by atoms with Crippen molar-refractivity contribution in [2.45, 2.75) is 46.3 Å². The molecule has 26 heavy (non-hydrogen) atoms. The Balaban J connectivity index is 2.19. The molecule has 1 fully saturated rings. The summed E-state index contributed by atoms with van der Waals surface area (Å²) in [5, 5.41) is 3.94. The number of nitrogens with two attached hydrogens (primary N) is 1. The van der Waals surface area contributed by atoms with Crippen molar-refractivity contribution < 1.29 is 4.74 Å². The highest BCUT2D eigenvalue weighted by atomic mass is 32.1. The van der Waals surface area contributed by atoms with Crippen molar-refractivity contribution in [3.05, 3.63) is 31.3 Å². The molecule has 3 rings (SSSR count). The number of rotatable bonds is 8. The second kappa shape index (κ2) is 7.26. The first-order valence-corrected chi connectivity index (χ1v) is 9.82. The summed E-state index contributed by atoms with van der Waals surface area (Å²) in [4.78, 5) is 28.1. The van der Waals surface area contributed by atoms with Crippen LogP contribution >= 0.6 is 11.3 Å². The molecule has 0 aliphatic heterocycles. The summed E-state index contributed by atoms with van der Waals surface area (Å²) in [5.74, 6) is 0. The van der Waals surface area contributed by atoms with Crippen molar-refractivity contribution in [1.29, 1.82) is 0 Å². The lowest BCUT2D eigenvalue weighted by molar-refractivity contribution is 0.186. The van der Waals surface area contributed by atoms with Crippen LogP contribution in [0.5, 0.6) is 0 Å². The normalized spacial score (nSPS) is 18.6. The van der Waals surface area contributed by atoms with Crippen molar-refractivity contribution >= 4 is 21.6 Å². The molecule has 0 radical (unpaired) electrons. The van der Waals surface area contributed by atoms with E-state index >= 15 is 0 Å². The predicted molar refractivity (Wildman–Crippen MR) is 105 cm³/mol. The van der Waals surface area contributed by atoms with E-state index in [4.69, 9.17) is 10.5 Å². The van der Waals surface area contributed by atoms with Gasteiger partial charge in [-0.3, -0.25) is 13.9 Å². The fraction of sp³-hybridized carbons (Fsp3) is 0.667. The Kier molecular flexibility index (Phi) is 5.39. The van der Waals surface area contributed by atoms with E-state index in [9.17, 15) is 9.59 Å². The quantitative estimate of drug-likeness (QED) is 0.672. The monoisotopic (exact) mass is 380 g/mol. The van der Waals surface area contributed by atoms with Crippen LogP contribution in [0.25, 0.3) is 10.2 Å². The molecule has 1 atom stereocenters. The molecule has 3 N–H and O–H groups in total. The van der Waals surface area contributed by atoms with Gasteiger partial charge in [0.1, 0.15) is 4.83 Å². The second-order valence-electron chi connectivity index (χ2n) is 7.61. The zero-order valence-corrected chi connectivity index (χ0v) is 16.7. The number of thiophene rings is 1. The van der Waals surface area contributed by atoms with Gasteiger partial charge in [-0.05, 0) is 24.3 Å². The van der Waals surface area contributed by atoms with Crippen LogP contribution in [0.15, 0.2) is 9.59 Å². The van der Waals surface area contributed by atoms with Gasteiger partial charge < -0.3 is 15.8 Å². The maximum absolute atomic E-state index is 13.2. The van der Waals surface area contributed by atoms with E-state index in [1.165, 1.54) is 15.9 Å². The van der Waals surface area contributed by atoms with E-state index in [1.807, 2.05) is 6.92 Å². The minimum atomic E-state index is -0.224. The van der Waals surface area contributed by atoms with E-state index in [0.717, 1.165) is 21.7 Å². The van der Waals surface area contributed by atoms with Gasteiger partial charge in [0.15, 0.2) is 0 Å². The zero-order chi connectivity index (χ0) is 19.1. The number of aromatic nitrogens is 2. The number of ether oxygens (including phenoxy) is 1. The first-order valence-electron chi connectivity index (χ1n) is 9.00. The lowest BCUT2D eigenvalue weighted by atomic mass is 10.2. The van der Waals surface area contributed by atoms with Gasteiger partial charge in [-0.1, -0.05) is 13.8 Å². The van der Waals surface area contributed by atoms with Crippen molar-refractivity contribution in [3.8, 4) is 0 Å². The number of methoxy groups -OCH3 is 1. The lowest BCUT2D eigenvalue weighted by Crippen LogP contribution is -2.40. The third kappa shape index (κ3) is 3.26. The molecule has 0 aromatic carbocycles. The molecule has 2 aromatic rings. The van der Waals surface area contributed by atoms with Gasteiger partial charge in [0, 0.05) is 37.7 Å². The average molecular weight is 381 g/mol. The van der Waals surface area contributed by atoms with Gasteiger partial charge in [0.2, 0.25) is 0 Å². The first kappa shape index (κ1) is 19.3. The van der Waals surface area contributed by atoms with Crippen molar-refractivity contribution in [2.24, 2.45) is 11.1 Å². The molecule has 0 bridgehead atoms. The minimum Gasteiger partial charge on any atom is -0.383 e. The number of aryl methyl sites for hydroxylation is 1. The maximum Gasteiger partial charge on any atom is 0.332 e. The van der Waals surface area contributed by atoms with Crippen molar-refractivity contribution in [3.63, 3.8) is 0 Å². The number of hydrogen-bond acceptors (Lipinski definition) is 6. The van der Waals surface area contributed by atoms with Gasteiger partial charge in [-0.25, -0.2) is 4.79 Å². The number of nitrogens with one attached hydrogen (secondary N) is 1. The molecule has 1 aliphatic rings. The SMILES string of the molecule is COCCn1c(=O)n(C2CC2(C)C)c(=O)c2c(C)c(CNCCN)sc21. The van der Waals surface area contributed by atoms with E-state index in [2.05, 4.69) is 19.2 Å². The topological polar surface area (TPSA) is 91.3 Å². The van der Waals surface area contributed by atoms with Crippen LogP contribution in [0, 0.1) is 12.3 Å². The van der Waals surface area contributed by atoms with Crippen LogP contribution in [0.1, 0.15) is 36.8 Å². The van der Waals surface area contributed by atoms with Crippen molar-refractivity contribution in [2.75, 3.05) is 26.8 Å². The Morgan fingerprint density at radius 3 is 2.65 bits per heavy atom. The predicted octanol–water partition coefficient (Wildman–Crippen LogP) is 1.20. The Hall–Kier alpha value is -1.48. The molecule has 1 unspecified atom stereocenters. The van der Waals surface area contributed by atoms with Gasteiger partial charge in [-0.15, -0.1) is 11.3 Å². The Bertz CT molecular complexity index is 925. The van der Waals surface area contributed by atoms with Crippen LogP contribution in [0.2, 0.25) is 0 Å². The van der Waals surface area contributed by atoms with E-state index in [0.29, 0.717) is 38.2 Å². The highest BCUT2D eigenvalue weighted by Crippen LogP contribution is 2.54. The van der Waals surface area contributed by atoms with E-state index in [-0.39, 0.29) is 22.7 Å². The third-order valence-electron chi connectivity index (χ3n) is 5.24. The smallest absolute Gasteiger partial charge is 0.332 e. The van der Waals surface area contributed by atoms with E-state index in [1.54, 1.807) is 11.7 Å². The molecule has 2 heterocycles. The zero-order valence-electron chi connectivity index (χ0n) is 15.9. The fourth-order valence-electron chi connectivity index (χ4n) is 3.42. The highest BCUT2D eigenvalue weighted by molar-refractivity contribution is 7.18. The summed E-state index contributed by atoms with van der Waals surface area (Å²) in [6.07, 6.45) is 0.853. The largest absolute Gasteiger partial charge is 0.383 e.